The Morgan fingerprint density at radius 3 is 2.56 bits per heavy atom. The number of hydrogen-bond acceptors (Lipinski definition) is 3. The molecular formula is C11H25ClN2OS. The van der Waals surface area contributed by atoms with E-state index in [1.54, 1.807) is 11.8 Å². The van der Waals surface area contributed by atoms with Gasteiger partial charge in [-0.25, -0.2) is 0 Å². The molecule has 0 fully saturated rings. The molecule has 1 atom stereocenters. The summed E-state index contributed by atoms with van der Waals surface area (Å²) in [7, 11) is 0. The summed E-state index contributed by atoms with van der Waals surface area (Å²) in [5.74, 6) is 1.24. The van der Waals surface area contributed by atoms with Crippen molar-refractivity contribution in [2.45, 2.75) is 38.9 Å². The fourth-order valence-corrected chi connectivity index (χ4v) is 2.12. The number of amides is 1. The Kier molecular flexibility index (Phi) is 15.1. The number of unbranched alkanes of at least 4 members (excludes halogenated alkanes) is 1. The van der Waals surface area contributed by atoms with Crippen LogP contribution in [-0.2, 0) is 4.79 Å². The molecule has 0 saturated heterocycles. The number of hydrogen-bond donors (Lipinski definition) is 2. The van der Waals surface area contributed by atoms with Gasteiger partial charge in [0.15, 0.2) is 0 Å². The summed E-state index contributed by atoms with van der Waals surface area (Å²) in [5.41, 5.74) is 0. The Balaban J connectivity index is 0. The molecule has 3 nitrogen and oxygen atoms in total. The summed E-state index contributed by atoms with van der Waals surface area (Å²) in [4.78, 5) is 11.5. The van der Waals surface area contributed by atoms with Crippen molar-refractivity contribution in [3.8, 4) is 0 Å². The predicted molar refractivity (Wildman–Crippen MR) is 75.6 cm³/mol. The van der Waals surface area contributed by atoms with Crippen LogP contribution in [0.5, 0.6) is 0 Å². The summed E-state index contributed by atoms with van der Waals surface area (Å²) in [6.45, 7) is 8.74. The molecular weight excluding hydrogens is 244 g/mol. The maximum atomic E-state index is 11.5. The minimum Gasteiger partial charge on any atom is -0.354 e. The van der Waals surface area contributed by atoms with Crippen molar-refractivity contribution in [3.63, 3.8) is 0 Å². The van der Waals surface area contributed by atoms with Crippen molar-refractivity contribution < 1.29 is 4.79 Å². The predicted octanol–water partition coefficient (Wildman–Crippen LogP) is 2.06. The number of nitrogens with one attached hydrogen (secondary N) is 2. The normalized spacial score (nSPS) is 11.7. The first kappa shape index (κ1) is 18.4. The highest BCUT2D eigenvalue weighted by atomic mass is 35.5. The van der Waals surface area contributed by atoms with Gasteiger partial charge in [-0.2, -0.15) is 0 Å². The molecule has 98 valence electrons. The smallest absolute Gasteiger partial charge is 0.232 e. The number of thioether (sulfide) groups is 1. The largest absolute Gasteiger partial charge is 0.354 e. The van der Waals surface area contributed by atoms with Crippen LogP contribution in [0.1, 0.15) is 33.6 Å². The molecule has 0 saturated carbocycles. The second-order valence-corrected chi connectivity index (χ2v) is 4.96. The molecule has 16 heavy (non-hydrogen) atoms. The molecule has 0 spiro atoms. The van der Waals surface area contributed by atoms with Crippen molar-refractivity contribution in [2.24, 2.45) is 0 Å². The van der Waals surface area contributed by atoms with Gasteiger partial charge in [0.1, 0.15) is 0 Å². The second kappa shape index (κ2) is 13.1. The van der Waals surface area contributed by atoms with Crippen molar-refractivity contribution in [2.75, 3.05) is 25.4 Å². The average Bonchev–Trinajstić information content (AvgIpc) is 2.24. The molecule has 5 heteroatoms. The third kappa shape index (κ3) is 10.6. The molecule has 1 unspecified atom stereocenters. The number of halogens is 1. The summed E-state index contributed by atoms with van der Waals surface area (Å²) in [6.07, 6.45) is 2.39. The highest BCUT2D eigenvalue weighted by Gasteiger charge is 2.11. The van der Waals surface area contributed by atoms with Crippen molar-refractivity contribution >= 4 is 30.1 Å². The minimum absolute atomic E-state index is 0. The van der Waals surface area contributed by atoms with Crippen molar-refractivity contribution in [3.05, 3.63) is 0 Å². The highest BCUT2D eigenvalue weighted by Crippen LogP contribution is 2.12. The van der Waals surface area contributed by atoms with Crippen LogP contribution in [0, 0.1) is 0 Å². The molecule has 0 aliphatic rings. The topological polar surface area (TPSA) is 41.1 Å². The zero-order valence-electron chi connectivity index (χ0n) is 10.5. The summed E-state index contributed by atoms with van der Waals surface area (Å²) >= 11 is 1.74. The van der Waals surface area contributed by atoms with Crippen LogP contribution < -0.4 is 10.6 Å². The number of rotatable bonds is 9. The Morgan fingerprint density at radius 2 is 2.00 bits per heavy atom. The molecule has 2 N–H and O–H groups in total. The lowest BCUT2D eigenvalue weighted by atomic mass is 10.4. The van der Waals surface area contributed by atoms with Gasteiger partial charge >= 0.3 is 0 Å². The van der Waals surface area contributed by atoms with Gasteiger partial charge in [0.05, 0.1) is 5.25 Å². The van der Waals surface area contributed by atoms with Crippen molar-refractivity contribution in [1.82, 2.24) is 10.6 Å². The second-order valence-electron chi connectivity index (χ2n) is 3.51. The molecule has 1 amide bonds. The number of carbonyl (C=O) groups is 1. The zero-order valence-corrected chi connectivity index (χ0v) is 12.2. The van der Waals surface area contributed by atoms with Crippen LogP contribution in [0.3, 0.4) is 0 Å². The van der Waals surface area contributed by atoms with E-state index in [4.69, 9.17) is 0 Å². The van der Waals surface area contributed by atoms with Crippen LogP contribution in [0.2, 0.25) is 0 Å². The van der Waals surface area contributed by atoms with E-state index in [0.29, 0.717) is 0 Å². The summed E-state index contributed by atoms with van der Waals surface area (Å²) in [5, 5.41) is 6.18. The van der Waals surface area contributed by atoms with Crippen LogP contribution >= 0.6 is 24.2 Å². The zero-order chi connectivity index (χ0) is 11.5. The number of carbonyl (C=O) groups excluding carboxylic acids is 1. The van der Waals surface area contributed by atoms with Crippen LogP contribution in [0.25, 0.3) is 0 Å². The third-order valence-corrected chi connectivity index (χ3v) is 3.32. The fraction of sp³-hybridized carbons (Fsp3) is 0.909. The van der Waals surface area contributed by atoms with Gasteiger partial charge in [-0.1, -0.05) is 20.3 Å². The molecule has 0 heterocycles. The van der Waals surface area contributed by atoms with Crippen LogP contribution in [0.4, 0.5) is 0 Å². The van der Waals surface area contributed by atoms with E-state index in [1.165, 1.54) is 12.8 Å². The molecule has 0 aliphatic heterocycles. The molecule has 0 rings (SSSR count). The molecule has 0 aromatic carbocycles. The van der Waals surface area contributed by atoms with Gasteiger partial charge in [0.25, 0.3) is 0 Å². The van der Waals surface area contributed by atoms with E-state index in [-0.39, 0.29) is 23.6 Å². The lowest BCUT2D eigenvalue weighted by molar-refractivity contribution is -0.120. The highest BCUT2D eigenvalue weighted by molar-refractivity contribution is 8.00. The van der Waals surface area contributed by atoms with Gasteiger partial charge in [-0.3, -0.25) is 4.79 Å². The van der Waals surface area contributed by atoms with Gasteiger partial charge in [-0.15, -0.1) is 24.2 Å². The van der Waals surface area contributed by atoms with Gasteiger partial charge in [0.2, 0.25) is 5.91 Å². The Hall–Kier alpha value is 0.0700. The van der Waals surface area contributed by atoms with E-state index < -0.39 is 0 Å². The Labute approximate surface area is 110 Å². The maximum absolute atomic E-state index is 11.5. The number of likely N-dealkylation sites (N-methyl/N-ethyl adjacent to an activating group) is 1. The molecule has 0 radical (unpaired) electrons. The van der Waals surface area contributed by atoms with Crippen molar-refractivity contribution in [1.29, 1.82) is 0 Å². The monoisotopic (exact) mass is 268 g/mol. The lowest BCUT2D eigenvalue weighted by Gasteiger charge is -2.11. The van der Waals surface area contributed by atoms with E-state index in [0.717, 1.165) is 25.4 Å². The van der Waals surface area contributed by atoms with Crippen LogP contribution in [0.15, 0.2) is 0 Å². The standard InChI is InChI=1S/C11H24N2OS.ClH/c1-4-6-9-15-10(3)11(14)13-8-7-12-5-2;/h10,12H,4-9H2,1-3H3,(H,13,14);1H. The third-order valence-electron chi connectivity index (χ3n) is 2.09. The first-order valence-electron chi connectivity index (χ1n) is 5.82. The summed E-state index contributed by atoms with van der Waals surface area (Å²) in [6, 6.07) is 0. The quantitative estimate of drug-likeness (QED) is 0.629. The van der Waals surface area contributed by atoms with Gasteiger partial charge in [-0.05, 0) is 25.6 Å². The SMILES string of the molecule is CCCCSC(C)C(=O)NCCNCC.Cl. The Bertz CT molecular complexity index is 170. The average molecular weight is 269 g/mol. The van der Waals surface area contributed by atoms with Gasteiger partial charge in [0, 0.05) is 13.1 Å². The first-order valence-corrected chi connectivity index (χ1v) is 6.87. The molecule has 0 bridgehead atoms. The van der Waals surface area contributed by atoms with E-state index in [1.807, 2.05) is 6.92 Å². The molecule has 0 aromatic heterocycles. The molecule has 0 aliphatic carbocycles. The minimum atomic E-state index is 0. The van der Waals surface area contributed by atoms with E-state index in [2.05, 4.69) is 24.5 Å². The summed E-state index contributed by atoms with van der Waals surface area (Å²) < 4.78 is 0. The van der Waals surface area contributed by atoms with E-state index >= 15 is 0 Å². The first-order chi connectivity index (χ1) is 7.22. The Morgan fingerprint density at radius 1 is 1.31 bits per heavy atom. The van der Waals surface area contributed by atoms with Gasteiger partial charge < -0.3 is 10.6 Å². The maximum Gasteiger partial charge on any atom is 0.232 e. The fourth-order valence-electron chi connectivity index (χ4n) is 1.07. The van der Waals surface area contributed by atoms with E-state index in [9.17, 15) is 4.79 Å². The van der Waals surface area contributed by atoms with Crippen LogP contribution in [-0.4, -0.2) is 36.5 Å². The molecule has 0 aromatic rings. The lowest BCUT2D eigenvalue weighted by Crippen LogP contribution is -2.36.